The van der Waals surface area contributed by atoms with E-state index in [1.54, 1.807) is 0 Å². The second-order valence-corrected chi connectivity index (χ2v) is 5.95. The van der Waals surface area contributed by atoms with Crippen LogP contribution in [-0.2, 0) is 16.6 Å². The number of benzene rings is 2. The average molecular weight is 316 g/mol. The second-order valence-electron chi connectivity index (χ2n) is 4.21. The number of nitrogens with two attached hydrogens (primary N) is 1. The predicted octanol–water partition coefficient (Wildman–Crippen LogP) is 2.16. The van der Waals surface area contributed by atoms with Crippen LogP contribution in [0.2, 0.25) is 0 Å². The predicted molar refractivity (Wildman–Crippen MR) is 71.2 cm³/mol. The van der Waals surface area contributed by atoms with Crippen molar-refractivity contribution in [1.82, 2.24) is 4.72 Å². The van der Waals surface area contributed by atoms with E-state index in [1.165, 1.54) is 6.07 Å². The molecule has 4 nitrogen and oxygen atoms in total. The normalized spacial score (nSPS) is 11.6. The van der Waals surface area contributed by atoms with E-state index in [2.05, 4.69) is 4.72 Å². The smallest absolute Gasteiger partial charge is 0.243 e. The van der Waals surface area contributed by atoms with Gasteiger partial charge in [-0.15, -0.1) is 0 Å². The van der Waals surface area contributed by atoms with Crippen LogP contribution in [0.1, 0.15) is 5.56 Å². The summed E-state index contributed by atoms with van der Waals surface area (Å²) in [6.07, 6.45) is 0. The van der Waals surface area contributed by atoms with E-state index in [1.807, 2.05) is 0 Å². The Morgan fingerprint density at radius 3 is 2.43 bits per heavy atom. The van der Waals surface area contributed by atoms with Crippen molar-refractivity contribution in [2.24, 2.45) is 0 Å². The van der Waals surface area contributed by atoms with Gasteiger partial charge in [0, 0.05) is 18.2 Å². The van der Waals surface area contributed by atoms with Gasteiger partial charge in [-0.2, -0.15) is 0 Å². The standard InChI is InChI=1S/C13H11F3N2O2S/c14-9-5-4-8(11(16)6-9)7-18-21(19,20)12-3-1-2-10(15)13(12)17/h1-6,18H,7,17H2. The molecule has 0 atom stereocenters. The Kier molecular flexibility index (Phi) is 4.19. The number of rotatable bonds is 4. The molecule has 2 aromatic carbocycles. The Morgan fingerprint density at radius 2 is 1.76 bits per heavy atom. The van der Waals surface area contributed by atoms with Crippen molar-refractivity contribution in [1.29, 1.82) is 0 Å². The fourth-order valence-electron chi connectivity index (χ4n) is 1.67. The maximum Gasteiger partial charge on any atom is 0.243 e. The topological polar surface area (TPSA) is 72.2 Å². The van der Waals surface area contributed by atoms with Crippen molar-refractivity contribution in [2.45, 2.75) is 11.4 Å². The van der Waals surface area contributed by atoms with Crippen molar-refractivity contribution >= 4 is 15.7 Å². The van der Waals surface area contributed by atoms with Crippen LogP contribution in [0.15, 0.2) is 41.3 Å². The second kappa shape index (κ2) is 5.74. The molecule has 0 spiro atoms. The first-order valence-corrected chi connectivity index (χ1v) is 7.27. The monoisotopic (exact) mass is 316 g/mol. The minimum Gasteiger partial charge on any atom is -0.395 e. The van der Waals surface area contributed by atoms with E-state index >= 15 is 0 Å². The molecule has 0 fully saturated rings. The molecule has 0 aliphatic carbocycles. The van der Waals surface area contributed by atoms with E-state index < -0.39 is 44.6 Å². The Morgan fingerprint density at radius 1 is 1.05 bits per heavy atom. The minimum atomic E-state index is -4.11. The zero-order valence-corrected chi connectivity index (χ0v) is 11.4. The Labute approximate surface area is 119 Å². The summed E-state index contributed by atoms with van der Waals surface area (Å²) in [5, 5.41) is 0. The third kappa shape index (κ3) is 3.34. The molecule has 21 heavy (non-hydrogen) atoms. The molecule has 2 aromatic rings. The van der Waals surface area contributed by atoms with Crippen LogP contribution in [0.5, 0.6) is 0 Å². The van der Waals surface area contributed by atoms with Crippen molar-refractivity contribution in [3.63, 3.8) is 0 Å². The fraction of sp³-hybridized carbons (Fsp3) is 0.0769. The Hall–Kier alpha value is -2.06. The van der Waals surface area contributed by atoms with Gasteiger partial charge in [-0.05, 0) is 18.2 Å². The first-order chi connectivity index (χ1) is 9.81. The summed E-state index contributed by atoms with van der Waals surface area (Å²) in [6, 6.07) is 6.10. The van der Waals surface area contributed by atoms with E-state index in [-0.39, 0.29) is 5.56 Å². The van der Waals surface area contributed by atoms with Gasteiger partial charge in [0.2, 0.25) is 10.0 Å². The van der Waals surface area contributed by atoms with Crippen LogP contribution in [0.25, 0.3) is 0 Å². The van der Waals surface area contributed by atoms with Crippen LogP contribution in [0.4, 0.5) is 18.9 Å². The van der Waals surface area contributed by atoms with E-state index in [0.717, 1.165) is 24.3 Å². The SMILES string of the molecule is Nc1c(F)cccc1S(=O)(=O)NCc1ccc(F)cc1F. The van der Waals surface area contributed by atoms with Crippen molar-refractivity contribution < 1.29 is 21.6 Å². The molecule has 8 heteroatoms. The zero-order chi connectivity index (χ0) is 15.6. The Bertz CT molecular complexity index is 779. The molecular weight excluding hydrogens is 305 g/mol. The number of hydrogen-bond acceptors (Lipinski definition) is 3. The van der Waals surface area contributed by atoms with Crippen LogP contribution in [-0.4, -0.2) is 8.42 Å². The van der Waals surface area contributed by atoms with Crippen LogP contribution in [0.3, 0.4) is 0 Å². The Balaban J connectivity index is 2.24. The van der Waals surface area contributed by atoms with Gasteiger partial charge in [-0.25, -0.2) is 26.3 Å². The molecule has 0 bridgehead atoms. The van der Waals surface area contributed by atoms with Crippen LogP contribution in [0, 0.1) is 17.5 Å². The molecule has 3 N–H and O–H groups in total. The molecule has 0 heterocycles. The summed E-state index contributed by atoms with van der Waals surface area (Å²) in [5.74, 6) is -2.52. The number of sulfonamides is 1. The molecule has 0 radical (unpaired) electrons. The summed E-state index contributed by atoms with van der Waals surface area (Å²) in [4.78, 5) is -0.440. The van der Waals surface area contributed by atoms with Gasteiger partial charge in [0.05, 0.1) is 5.69 Å². The highest BCUT2D eigenvalue weighted by molar-refractivity contribution is 7.89. The molecular formula is C13H11F3N2O2S. The van der Waals surface area contributed by atoms with Gasteiger partial charge in [0.25, 0.3) is 0 Å². The van der Waals surface area contributed by atoms with Gasteiger partial charge in [-0.1, -0.05) is 12.1 Å². The highest BCUT2D eigenvalue weighted by Gasteiger charge is 2.19. The minimum absolute atomic E-state index is 0.0463. The first-order valence-electron chi connectivity index (χ1n) is 5.79. The number of anilines is 1. The van der Waals surface area contributed by atoms with Gasteiger partial charge in [-0.3, -0.25) is 0 Å². The quantitative estimate of drug-likeness (QED) is 0.849. The molecule has 0 aliphatic heterocycles. The molecule has 112 valence electrons. The molecule has 0 amide bonds. The highest BCUT2D eigenvalue weighted by atomic mass is 32.2. The number of nitrogen functional groups attached to an aromatic ring is 1. The summed E-state index contributed by atoms with van der Waals surface area (Å²) in [6.45, 7) is -0.412. The maximum absolute atomic E-state index is 13.4. The number of nitrogens with one attached hydrogen (secondary N) is 1. The molecule has 0 aliphatic rings. The van der Waals surface area contributed by atoms with Crippen LogP contribution >= 0.6 is 0 Å². The van der Waals surface area contributed by atoms with Gasteiger partial charge < -0.3 is 5.73 Å². The summed E-state index contributed by atoms with van der Waals surface area (Å²) < 4.78 is 65.5. The maximum atomic E-state index is 13.4. The summed E-state index contributed by atoms with van der Waals surface area (Å²) in [5.41, 5.74) is 4.80. The van der Waals surface area contributed by atoms with Crippen molar-refractivity contribution in [3.05, 3.63) is 59.4 Å². The third-order valence-electron chi connectivity index (χ3n) is 2.77. The van der Waals surface area contributed by atoms with E-state index in [9.17, 15) is 21.6 Å². The zero-order valence-electron chi connectivity index (χ0n) is 10.6. The number of hydrogen-bond donors (Lipinski definition) is 2. The molecule has 0 saturated heterocycles. The number of halogens is 3. The lowest BCUT2D eigenvalue weighted by Gasteiger charge is -2.10. The van der Waals surface area contributed by atoms with Crippen molar-refractivity contribution in [3.8, 4) is 0 Å². The van der Waals surface area contributed by atoms with Gasteiger partial charge >= 0.3 is 0 Å². The fourth-order valence-corrected chi connectivity index (χ4v) is 2.81. The molecule has 2 rings (SSSR count). The summed E-state index contributed by atoms with van der Waals surface area (Å²) >= 11 is 0. The lowest BCUT2D eigenvalue weighted by atomic mass is 10.2. The number of para-hydroxylation sites is 1. The molecule has 0 aromatic heterocycles. The van der Waals surface area contributed by atoms with Gasteiger partial charge in [0.15, 0.2) is 0 Å². The first kappa shape index (κ1) is 15.3. The van der Waals surface area contributed by atoms with Gasteiger partial charge in [0.1, 0.15) is 22.3 Å². The van der Waals surface area contributed by atoms with Crippen LogP contribution < -0.4 is 10.5 Å². The lowest BCUT2D eigenvalue weighted by molar-refractivity contribution is 0.562. The van der Waals surface area contributed by atoms with E-state index in [4.69, 9.17) is 5.73 Å². The summed E-state index contributed by atoms with van der Waals surface area (Å²) in [7, 11) is -4.11. The third-order valence-corrected chi connectivity index (χ3v) is 4.23. The largest absolute Gasteiger partial charge is 0.395 e. The van der Waals surface area contributed by atoms with Crippen molar-refractivity contribution in [2.75, 3.05) is 5.73 Å². The highest BCUT2D eigenvalue weighted by Crippen LogP contribution is 2.21. The average Bonchev–Trinajstić information content (AvgIpc) is 2.40. The molecule has 0 unspecified atom stereocenters. The van der Waals surface area contributed by atoms with E-state index in [0.29, 0.717) is 6.07 Å². The lowest BCUT2D eigenvalue weighted by Crippen LogP contribution is -2.25. The molecule has 0 saturated carbocycles.